The third kappa shape index (κ3) is 3.91. The summed E-state index contributed by atoms with van der Waals surface area (Å²) in [5, 5.41) is 33.3. The van der Waals surface area contributed by atoms with Gasteiger partial charge >= 0.3 is 5.97 Å². The van der Waals surface area contributed by atoms with Gasteiger partial charge in [0.05, 0.1) is 17.9 Å². The molecule has 24 heavy (non-hydrogen) atoms. The summed E-state index contributed by atoms with van der Waals surface area (Å²) >= 11 is 0. The summed E-state index contributed by atoms with van der Waals surface area (Å²) in [4.78, 5) is 15.3. The molecule has 0 amide bonds. The van der Waals surface area contributed by atoms with Crippen LogP contribution in [-0.2, 0) is 9.63 Å². The van der Waals surface area contributed by atoms with E-state index in [2.05, 4.69) is 5.16 Å². The number of nitrogens with zero attached hydrogens (tertiary/aromatic N) is 1. The molecule has 0 spiro atoms. The highest BCUT2D eigenvalue weighted by Crippen LogP contribution is 2.50. The van der Waals surface area contributed by atoms with Crippen molar-refractivity contribution in [2.75, 3.05) is 6.61 Å². The maximum Gasteiger partial charge on any atom is 0.344 e. The summed E-state index contributed by atoms with van der Waals surface area (Å²) in [5.74, 6) is 0.273. The molecule has 6 nitrogen and oxygen atoms in total. The van der Waals surface area contributed by atoms with Gasteiger partial charge in [-0.1, -0.05) is 24.4 Å². The Labute approximate surface area is 142 Å². The summed E-state index contributed by atoms with van der Waals surface area (Å²) in [6.45, 7) is -0.416. The minimum atomic E-state index is -1.03. The fourth-order valence-corrected chi connectivity index (χ4v) is 4.90. The Morgan fingerprint density at radius 1 is 1.29 bits per heavy atom. The lowest BCUT2D eigenvalue weighted by Crippen LogP contribution is -2.37. The van der Waals surface area contributed by atoms with Crippen molar-refractivity contribution in [3.05, 3.63) is 0 Å². The molecule has 0 aromatic rings. The zero-order chi connectivity index (χ0) is 17.1. The van der Waals surface area contributed by atoms with Crippen LogP contribution in [0.4, 0.5) is 0 Å². The smallest absolute Gasteiger partial charge is 0.344 e. The summed E-state index contributed by atoms with van der Waals surface area (Å²) < 4.78 is 0. The Morgan fingerprint density at radius 3 is 2.75 bits per heavy atom. The SMILES string of the molecule is O=C(O)CO/N=C1/CC2C1CC(O)C2CCC(O)C1CCCCC1. The van der Waals surface area contributed by atoms with Gasteiger partial charge in [-0.05, 0) is 56.3 Å². The summed E-state index contributed by atoms with van der Waals surface area (Å²) in [6.07, 6.45) is 8.56. The number of aliphatic hydroxyl groups excluding tert-OH is 2. The van der Waals surface area contributed by atoms with E-state index in [-0.39, 0.29) is 24.0 Å². The van der Waals surface area contributed by atoms with Gasteiger partial charge in [-0.3, -0.25) is 0 Å². The minimum Gasteiger partial charge on any atom is -0.479 e. The molecule has 0 bridgehead atoms. The number of aliphatic hydroxyl groups is 2. The molecule has 5 atom stereocenters. The summed E-state index contributed by atoms with van der Waals surface area (Å²) in [7, 11) is 0. The lowest BCUT2D eigenvalue weighted by molar-refractivity contribution is -0.142. The van der Waals surface area contributed by atoms with Gasteiger partial charge in [-0.15, -0.1) is 0 Å². The average molecular weight is 339 g/mol. The van der Waals surface area contributed by atoms with E-state index in [4.69, 9.17) is 9.94 Å². The van der Waals surface area contributed by atoms with Crippen LogP contribution < -0.4 is 0 Å². The molecule has 3 N–H and O–H groups in total. The summed E-state index contributed by atoms with van der Waals surface area (Å²) in [5.41, 5.74) is 0.885. The Balaban J connectivity index is 1.45. The molecule has 0 aromatic carbocycles. The first-order valence-corrected chi connectivity index (χ1v) is 9.33. The number of fused-ring (bicyclic) bond motifs is 1. The van der Waals surface area contributed by atoms with E-state index in [1.807, 2.05) is 0 Å². The number of carboxylic acids is 1. The van der Waals surface area contributed by atoms with E-state index in [9.17, 15) is 15.0 Å². The molecule has 0 radical (unpaired) electrons. The van der Waals surface area contributed by atoms with Gasteiger partial charge < -0.3 is 20.2 Å². The van der Waals surface area contributed by atoms with Crippen LogP contribution in [0.3, 0.4) is 0 Å². The van der Waals surface area contributed by atoms with E-state index >= 15 is 0 Å². The van der Waals surface area contributed by atoms with Crippen molar-refractivity contribution in [1.82, 2.24) is 0 Å². The Hall–Kier alpha value is -1.14. The molecule has 136 valence electrons. The standard InChI is InChI=1S/C18H29NO5/c20-16(11-4-2-1-3-5-11)7-6-12-13-8-15(14(13)9-17(12)21)19-24-10-18(22)23/h11-14,16-17,20-21H,1-10H2,(H,22,23)/b19-15-. The number of oxime groups is 1. The molecule has 3 aliphatic rings. The van der Waals surface area contributed by atoms with Gasteiger partial charge in [0.25, 0.3) is 0 Å². The molecule has 0 aliphatic heterocycles. The van der Waals surface area contributed by atoms with Crippen LogP contribution in [-0.4, -0.2) is 45.8 Å². The van der Waals surface area contributed by atoms with Crippen LogP contribution in [0.5, 0.6) is 0 Å². The normalized spacial score (nSPS) is 36.2. The average Bonchev–Trinajstić information content (AvgIpc) is 2.81. The molecule has 0 saturated heterocycles. The van der Waals surface area contributed by atoms with Gasteiger partial charge in [0.1, 0.15) is 0 Å². The highest BCUT2D eigenvalue weighted by atomic mass is 16.6. The van der Waals surface area contributed by atoms with E-state index in [1.165, 1.54) is 19.3 Å². The molecular formula is C18H29NO5. The molecule has 3 aliphatic carbocycles. The molecule has 3 saturated carbocycles. The van der Waals surface area contributed by atoms with Gasteiger partial charge in [0.2, 0.25) is 6.61 Å². The second-order valence-electron chi connectivity index (χ2n) is 7.73. The quantitative estimate of drug-likeness (QED) is 0.617. The van der Waals surface area contributed by atoms with Crippen LogP contribution in [0.1, 0.15) is 57.8 Å². The van der Waals surface area contributed by atoms with Crippen LogP contribution in [0.25, 0.3) is 0 Å². The molecule has 3 rings (SSSR count). The van der Waals surface area contributed by atoms with Gasteiger partial charge in [-0.2, -0.15) is 0 Å². The third-order valence-electron chi connectivity index (χ3n) is 6.29. The van der Waals surface area contributed by atoms with E-state index in [0.29, 0.717) is 18.3 Å². The largest absolute Gasteiger partial charge is 0.479 e. The van der Waals surface area contributed by atoms with Crippen molar-refractivity contribution in [3.63, 3.8) is 0 Å². The topological polar surface area (TPSA) is 99.4 Å². The fourth-order valence-electron chi connectivity index (χ4n) is 4.90. The third-order valence-corrected chi connectivity index (χ3v) is 6.29. The minimum absolute atomic E-state index is 0.227. The molecule has 3 fully saturated rings. The van der Waals surface area contributed by atoms with Crippen molar-refractivity contribution in [2.24, 2.45) is 28.8 Å². The van der Waals surface area contributed by atoms with Crippen molar-refractivity contribution in [1.29, 1.82) is 0 Å². The maximum atomic E-state index is 10.4. The second kappa shape index (κ2) is 7.83. The number of hydrogen-bond acceptors (Lipinski definition) is 5. The molecule has 0 aromatic heterocycles. The van der Waals surface area contributed by atoms with Crippen LogP contribution in [0.2, 0.25) is 0 Å². The van der Waals surface area contributed by atoms with Crippen LogP contribution in [0, 0.1) is 23.7 Å². The Bertz CT molecular complexity index is 474. The summed E-state index contributed by atoms with van der Waals surface area (Å²) in [6, 6.07) is 0. The first kappa shape index (κ1) is 17.7. The second-order valence-corrected chi connectivity index (χ2v) is 7.73. The van der Waals surface area contributed by atoms with Gasteiger partial charge in [0.15, 0.2) is 0 Å². The zero-order valence-corrected chi connectivity index (χ0v) is 14.1. The highest BCUT2D eigenvalue weighted by molar-refractivity contribution is 5.93. The van der Waals surface area contributed by atoms with E-state index < -0.39 is 12.6 Å². The predicted molar refractivity (Wildman–Crippen MR) is 88.5 cm³/mol. The molecule has 0 heterocycles. The first-order chi connectivity index (χ1) is 11.6. The predicted octanol–water partition coefficient (Wildman–Crippen LogP) is 2.18. The van der Waals surface area contributed by atoms with E-state index in [1.54, 1.807) is 0 Å². The van der Waals surface area contributed by atoms with Crippen LogP contribution in [0.15, 0.2) is 5.16 Å². The maximum absolute atomic E-state index is 10.4. The number of aliphatic carboxylic acids is 1. The number of carbonyl (C=O) groups is 1. The fraction of sp³-hybridized carbons (Fsp3) is 0.889. The van der Waals surface area contributed by atoms with Crippen molar-refractivity contribution in [3.8, 4) is 0 Å². The Morgan fingerprint density at radius 2 is 2.04 bits per heavy atom. The highest BCUT2D eigenvalue weighted by Gasteiger charge is 2.51. The first-order valence-electron chi connectivity index (χ1n) is 9.33. The molecular weight excluding hydrogens is 310 g/mol. The number of rotatable bonds is 7. The van der Waals surface area contributed by atoms with Crippen LogP contribution >= 0.6 is 0 Å². The van der Waals surface area contributed by atoms with Gasteiger partial charge in [0, 0.05) is 5.92 Å². The van der Waals surface area contributed by atoms with Crippen molar-refractivity contribution in [2.45, 2.75) is 70.0 Å². The van der Waals surface area contributed by atoms with E-state index in [0.717, 1.165) is 37.8 Å². The zero-order valence-electron chi connectivity index (χ0n) is 14.1. The van der Waals surface area contributed by atoms with Gasteiger partial charge in [-0.25, -0.2) is 4.79 Å². The monoisotopic (exact) mass is 339 g/mol. The lowest BCUT2D eigenvalue weighted by atomic mass is 9.69. The Kier molecular flexibility index (Phi) is 5.76. The lowest BCUT2D eigenvalue weighted by Gasteiger charge is -2.36. The van der Waals surface area contributed by atoms with Crippen molar-refractivity contribution < 1.29 is 25.0 Å². The molecule has 6 heteroatoms. The number of hydrogen-bond donors (Lipinski definition) is 3. The number of carboxylic acid groups (broad SMARTS) is 1. The molecule has 5 unspecified atom stereocenters. The van der Waals surface area contributed by atoms with Crippen molar-refractivity contribution >= 4 is 11.7 Å².